The zero-order chi connectivity index (χ0) is 24.2. The molecule has 4 heterocycles. The third kappa shape index (κ3) is 4.73. The van der Waals surface area contributed by atoms with E-state index in [2.05, 4.69) is 55.6 Å². The quantitative estimate of drug-likeness (QED) is 0.266. The van der Waals surface area contributed by atoms with Gasteiger partial charge in [-0.25, -0.2) is 4.85 Å². The molecule has 0 saturated heterocycles. The summed E-state index contributed by atoms with van der Waals surface area (Å²) in [6.45, 7) is 13.0. The van der Waals surface area contributed by atoms with Gasteiger partial charge >= 0.3 is 0 Å². The molecule has 35 heavy (non-hydrogen) atoms. The molecular weight excluding hydrogens is 430 g/mol. The van der Waals surface area contributed by atoms with E-state index < -0.39 is 0 Å². The van der Waals surface area contributed by atoms with Crippen molar-refractivity contribution in [3.05, 3.63) is 121 Å². The molecule has 0 amide bonds. The van der Waals surface area contributed by atoms with E-state index in [0.717, 1.165) is 50.3 Å². The summed E-state index contributed by atoms with van der Waals surface area (Å²) in [7, 11) is 0. The molecule has 0 saturated carbocycles. The van der Waals surface area contributed by atoms with E-state index >= 15 is 0 Å². The lowest BCUT2D eigenvalue weighted by Gasteiger charge is -1.98. The Morgan fingerprint density at radius 2 is 1.31 bits per heavy atom. The molecule has 0 radical (unpaired) electrons. The zero-order valence-electron chi connectivity index (χ0n) is 19.3. The van der Waals surface area contributed by atoms with E-state index in [1.807, 2.05) is 67.6 Å². The molecular formula is C30H23N5. The van der Waals surface area contributed by atoms with Crippen LogP contribution in [0.2, 0.25) is 0 Å². The van der Waals surface area contributed by atoms with Gasteiger partial charge in [0.1, 0.15) is 0 Å². The summed E-state index contributed by atoms with van der Waals surface area (Å²) >= 11 is 0. The summed E-state index contributed by atoms with van der Waals surface area (Å²) in [4.78, 5) is 18.7. The summed E-state index contributed by atoms with van der Waals surface area (Å²) in [6, 6.07) is 27.9. The topological polar surface area (TPSA) is 61.7 Å². The molecule has 0 aliphatic rings. The number of nitrogens with zero attached hydrogens (tertiary/aromatic N) is 3. The monoisotopic (exact) mass is 453 g/mol. The van der Waals surface area contributed by atoms with Crippen LogP contribution in [-0.4, -0.2) is 19.9 Å². The molecule has 4 aromatic heterocycles. The molecule has 6 rings (SSSR count). The molecule has 0 aliphatic heterocycles. The number of pyridine rings is 2. The molecule has 2 N–H and O–H groups in total. The maximum Gasteiger partial charge on any atom is 0.189 e. The highest BCUT2D eigenvalue weighted by Gasteiger charge is 2.06. The van der Waals surface area contributed by atoms with Crippen LogP contribution < -0.4 is 0 Å². The summed E-state index contributed by atoms with van der Waals surface area (Å²) in [5.74, 6) is 0. The molecule has 0 atom stereocenters. The number of hydrogen-bond acceptors (Lipinski definition) is 2. The lowest BCUT2D eigenvalue weighted by atomic mass is 10.1. The van der Waals surface area contributed by atoms with Crippen molar-refractivity contribution in [2.75, 3.05) is 0 Å². The number of hydrogen-bond donors (Lipinski definition) is 2. The van der Waals surface area contributed by atoms with E-state index in [1.54, 1.807) is 12.4 Å². The van der Waals surface area contributed by atoms with E-state index in [4.69, 9.17) is 6.57 Å². The fraction of sp³-hybridized carbons (Fsp3) is 0.0333. The normalized spacial score (nSPS) is 10.5. The fourth-order valence-electron chi connectivity index (χ4n) is 3.90. The average molecular weight is 454 g/mol. The lowest BCUT2D eigenvalue weighted by Crippen LogP contribution is -1.80. The van der Waals surface area contributed by atoms with Gasteiger partial charge in [0.25, 0.3) is 0 Å². The number of aromatic nitrogens is 4. The van der Waals surface area contributed by atoms with Crippen LogP contribution in [0.3, 0.4) is 0 Å². The first kappa shape index (κ1) is 21.9. The van der Waals surface area contributed by atoms with E-state index in [0.29, 0.717) is 5.69 Å². The number of allylic oxidation sites excluding steroid dienone is 1. The Bertz CT molecular complexity index is 1670. The summed E-state index contributed by atoms with van der Waals surface area (Å²) in [5.41, 5.74) is 8.87. The number of rotatable bonds is 3. The van der Waals surface area contributed by atoms with E-state index in [-0.39, 0.29) is 0 Å². The van der Waals surface area contributed by atoms with Crippen LogP contribution in [0.25, 0.3) is 55.0 Å². The number of aromatic amines is 2. The Morgan fingerprint density at radius 1 is 0.743 bits per heavy atom. The van der Waals surface area contributed by atoms with Crippen molar-refractivity contribution in [2.45, 2.75) is 6.92 Å². The molecule has 5 nitrogen and oxygen atoms in total. The highest BCUT2D eigenvalue weighted by Crippen LogP contribution is 2.26. The van der Waals surface area contributed by atoms with Crippen molar-refractivity contribution in [1.29, 1.82) is 0 Å². The summed E-state index contributed by atoms with van der Waals surface area (Å²) in [5, 5.41) is 2.29. The summed E-state index contributed by atoms with van der Waals surface area (Å²) in [6.07, 6.45) is 3.57. The predicted molar refractivity (Wildman–Crippen MR) is 144 cm³/mol. The smallest absolute Gasteiger partial charge is 0.189 e. The van der Waals surface area contributed by atoms with Gasteiger partial charge in [-0.15, -0.1) is 0 Å². The van der Waals surface area contributed by atoms with E-state index in [1.165, 1.54) is 5.39 Å². The van der Waals surface area contributed by atoms with Gasteiger partial charge in [-0.2, -0.15) is 0 Å². The first-order chi connectivity index (χ1) is 17.1. The maximum atomic E-state index is 6.99. The maximum absolute atomic E-state index is 6.99. The van der Waals surface area contributed by atoms with Crippen LogP contribution in [-0.2, 0) is 0 Å². The third-order valence-electron chi connectivity index (χ3n) is 5.73. The van der Waals surface area contributed by atoms with Crippen molar-refractivity contribution in [3.63, 3.8) is 0 Å². The number of fused-ring (bicyclic) bond motifs is 2. The number of H-pyrrole nitrogens is 2. The fourth-order valence-corrected chi connectivity index (χ4v) is 3.90. The van der Waals surface area contributed by atoms with Crippen molar-refractivity contribution in [3.8, 4) is 22.8 Å². The third-order valence-corrected chi connectivity index (χ3v) is 5.73. The van der Waals surface area contributed by atoms with Crippen LogP contribution in [0.1, 0.15) is 12.5 Å². The number of nitrogens with one attached hydrogen (secondary N) is 2. The van der Waals surface area contributed by atoms with Gasteiger partial charge in [0.15, 0.2) is 5.69 Å². The average Bonchev–Trinajstić information content (AvgIpc) is 3.53. The molecule has 6 aromatic rings. The van der Waals surface area contributed by atoms with Gasteiger partial charge in [-0.3, -0.25) is 9.97 Å². The first-order valence-corrected chi connectivity index (χ1v) is 11.2. The minimum absolute atomic E-state index is 0.645. The minimum atomic E-state index is 0.645. The largest absolute Gasteiger partial charge is 0.354 e. The van der Waals surface area contributed by atoms with Crippen molar-refractivity contribution in [1.82, 2.24) is 19.9 Å². The SMILES string of the molecule is C=C(C)c1ccc2cc(-c3ccccn3)[nH]c2c1.[C-]#[N+]c1ccc2cc(-c3ccccn3)[nH]c2c1. The second kappa shape index (κ2) is 9.50. The van der Waals surface area contributed by atoms with Gasteiger partial charge in [0.05, 0.1) is 29.3 Å². The highest BCUT2D eigenvalue weighted by molar-refractivity contribution is 5.88. The van der Waals surface area contributed by atoms with Gasteiger partial charge in [-0.05, 0) is 66.4 Å². The number of benzene rings is 2. The Labute approximate surface area is 203 Å². The molecule has 0 unspecified atom stereocenters. The first-order valence-electron chi connectivity index (χ1n) is 11.2. The second-order valence-electron chi connectivity index (χ2n) is 8.26. The zero-order valence-corrected chi connectivity index (χ0v) is 19.3. The molecule has 5 heteroatoms. The van der Waals surface area contributed by atoms with Gasteiger partial charge < -0.3 is 9.97 Å². The van der Waals surface area contributed by atoms with Gasteiger partial charge in [-0.1, -0.05) is 48.6 Å². The molecule has 0 aliphatic carbocycles. The van der Waals surface area contributed by atoms with Crippen molar-refractivity contribution < 1.29 is 0 Å². The van der Waals surface area contributed by atoms with Crippen LogP contribution >= 0.6 is 0 Å². The Morgan fingerprint density at radius 3 is 1.83 bits per heavy atom. The predicted octanol–water partition coefficient (Wildman–Crippen LogP) is 8.04. The molecule has 0 spiro atoms. The van der Waals surface area contributed by atoms with Crippen LogP contribution in [0.15, 0.2) is 104 Å². The lowest BCUT2D eigenvalue weighted by molar-refractivity contribution is 1.29. The Balaban J connectivity index is 0.000000145. The summed E-state index contributed by atoms with van der Waals surface area (Å²) < 4.78 is 0. The van der Waals surface area contributed by atoms with Crippen LogP contribution in [0.5, 0.6) is 0 Å². The standard InChI is InChI=1S/C16H14N2.C14H9N3/c1-11(2)12-6-7-13-10-16(18-15(13)9-12)14-5-3-4-8-17-14;1-15-11-6-5-10-8-14(17-13(10)9-11)12-4-2-3-7-16-12/h3-10,18H,1H2,2H3;2-9,17H. The van der Waals surface area contributed by atoms with Gasteiger partial charge in [0, 0.05) is 28.8 Å². The highest BCUT2D eigenvalue weighted by atomic mass is 14.8. The van der Waals surface area contributed by atoms with Crippen LogP contribution in [0.4, 0.5) is 5.69 Å². The Kier molecular flexibility index (Phi) is 5.94. The van der Waals surface area contributed by atoms with Gasteiger partial charge in [0.2, 0.25) is 0 Å². The van der Waals surface area contributed by atoms with Crippen LogP contribution in [0, 0.1) is 6.57 Å². The molecule has 168 valence electrons. The minimum Gasteiger partial charge on any atom is -0.354 e. The van der Waals surface area contributed by atoms with Crippen molar-refractivity contribution in [2.24, 2.45) is 0 Å². The molecule has 0 bridgehead atoms. The second-order valence-corrected chi connectivity index (χ2v) is 8.26. The molecule has 2 aromatic carbocycles. The van der Waals surface area contributed by atoms with E-state index in [9.17, 15) is 0 Å². The van der Waals surface area contributed by atoms with Crippen molar-refractivity contribution >= 4 is 33.1 Å². The molecule has 0 fully saturated rings. The Hall–Kier alpha value is -4.95.